The molecule has 1 aromatic carbocycles. The Kier molecular flexibility index (Phi) is 3.31. The third kappa shape index (κ3) is 2.28. The van der Waals surface area contributed by atoms with Crippen LogP contribution >= 0.6 is 0 Å². The lowest BCUT2D eigenvalue weighted by Crippen LogP contribution is -2.06. The fourth-order valence-corrected chi connectivity index (χ4v) is 1.52. The van der Waals surface area contributed by atoms with Gasteiger partial charge in [0.25, 0.3) is 0 Å². The number of aliphatic imine (C=N–C) groups is 1. The summed E-state index contributed by atoms with van der Waals surface area (Å²) in [6.07, 6.45) is 2.01. The summed E-state index contributed by atoms with van der Waals surface area (Å²) < 4.78 is 10.3. The highest BCUT2D eigenvalue weighted by Crippen LogP contribution is 2.28. The van der Waals surface area contributed by atoms with Crippen molar-refractivity contribution in [2.75, 3.05) is 20.3 Å². The molecule has 16 heavy (non-hydrogen) atoms. The van der Waals surface area contributed by atoms with Crippen molar-refractivity contribution in [3.63, 3.8) is 0 Å². The Morgan fingerprint density at radius 1 is 1.38 bits per heavy atom. The topological polar surface area (TPSA) is 47.9 Å². The van der Waals surface area contributed by atoms with Crippen LogP contribution in [0.25, 0.3) is 0 Å². The van der Waals surface area contributed by atoms with Gasteiger partial charge in [-0.25, -0.2) is 0 Å². The number of benzene rings is 1. The summed E-state index contributed by atoms with van der Waals surface area (Å²) in [5, 5.41) is 0. The molecule has 1 aromatic rings. The monoisotopic (exact) mass is 219 g/mol. The largest absolute Gasteiger partial charge is 0.491 e. The number of hydrogen-bond acceptors (Lipinski definition) is 4. The van der Waals surface area contributed by atoms with E-state index in [0.717, 1.165) is 0 Å². The van der Waals surface area contributed by atoms with Crippen molar-refractivity contribution in [2.45, 2.75) is 6.42 Å². The van der Waals surface area contributed by atoms with Crippen LogP contribution in [-0.2, 0) is 4.74 Å². The first-order valence-corrected chi connectivity index (χ1v) is 5.13. The Morgan fingerprint density at radius 3 is 3.06 bits per heavy atom. The van der Waals surface area contributed by atoms with Crippen LogP contribution in [0.4, 0.5) is 5.69 Å². The van der Waals surface area contributed by atoms with Crippen LogP contribution in [0.2, 0.25) is 0 Å². The molecule has 1 heterocycles. The van der Waals surface area contributed by atoms with Crippen molar-refractivity contribution in [3.8, 4) is 5.75 Å². The van der Waals surface area contributed by atoms with Gasteiger partial charge in [0.15, 0.2) is 5.78 Å². The summed E-state index contributed by atoms with van der Waals surface area (Å²) in [4.78, 5) is 15.7. The van der Waals surface area contributed by atoms with E-state index in [1.54, 1.807) is 31.5 Å². The summed E-state index contributed by atoms with van der Waals surface area (Å²) in [6, 6.07) is 5.32. The van der Waals surface area contributed by atoms with Gasteiger partial charge in [0, 0.05) is 31.4 Å². The highest BCUT2D eigenvalue weighted by atomic mass is 16.5. The summed E-state index contributed by atoms with van der Waals surface area (Å²) in [5.41, 5.74) is 1.35. The number of nitrogens with zero attached hydrogens (tertiary/aromatic N) is 1. The van der Waals surface area contributed by atoms with Crippen molar-refractivity contribution in [1.82, 2.24) is 0 Å². The molecule has 0 unspecified atom stereocenters. The van der Waals surface area contributed by atoms with Crippen molar-refractivity contribution in [2.24, 2.45) is 4.99 Å². The van der Waals surface area contributed by atoms with E-state index in [0.29, 0.717) is 36.6 Å². The maximum atomic E-state index is 11.5. The molecule has 0 aliphatic carbocycles. The lowest BCUT2D eigenvalue weighted by Gasteiger charge is -2.11. The summed E-state index contributed by atoms with van der Waals surface area (Å²) in [7, 11) is 1.62. The van der Waals surface area contributed by atoms with Crippen LogP contribution in [0.5, 0.6) is 5.75 Å². The summed E-state index contributed by atoms with van der Waals surface area (Å²) in [6.45, 7) is 1.03. The third-order valence-electron chi connectivity index (χ3n) is 2.33. The molecule has 0 saturated carbocycles. The van der Waals surface area contributed by atoms with E-state index in [1.165, 1.54) is 0 Å². The Bertz CT molecular complexity index is 426. The SMILES string of the molecule is COCCOc1ccc2c(c1)N=CCC2=O. The Hall–Kier alpha value is -1.68. The number of carbonyl (C=O) groups is 1. The molecule has 1 aliphatic rings. The van der Waals surface area contributed by atoms with Crippen LogP contribution in [0, 0.1) is 0 Å². The van der Waals surface area contributed by atoms with Gasteiger partial charge in [0.05, 0.1) is 12.3 Å². The standard InChI is InChI=1S/C12H13NO3/c1-15-6-7-16-9-2-3-10-11(8-9)13-5-4-12(10)14/h2-3,5,8H,4,6-7H2,1H3. The highest BCUT2D eigenvalue weighted by Gasteiger charge is 2.14. The first-order valence-electron chi connectivity index (χ1n) is 5.13. The third-order valence-corrected chi connectivity index (χ3v) is 2.33. The zero-order chi connectivity index (χ0) is 11.4. The molecular weight excluding hydrogens is 206 g/mol. The van der Waals surface area contributed by atoms with Gasteiger partial charge < -0.3 is 9.47 Å². The second-order valence-electron chi connectivity index (χ2n) is 3.46. The molecule has 0 N–H and O–H groups in total. The van der Waals surface area contributed by atoms with Crippen LogP contribution < -0.4 is 4.74 Å². The molecule has 84 valence electrons. The smallest absolute Gasteiger partial charge is 0.170 e. The van der Waals surface area contributed by atoms with E-state index in [1.807, 2.05) is 0 Å². The van der Waals surface area contributed by atoms with Gasteiger partial charge in [-0.2, -0.15) is 0 Å². The van der Waals surface area contributed by atoms with E-state index in [4.69, 9.17) is 9.47 Å². The molecule has 4 heteroatoms. The van der Waals surface area contributed by atoms with E-state index >= 15 is 0 Å². The average molecular weight is 219 g/mol. The second-order valence-corrected chi connectivity index (χ2v) is 3.46. The van der Waals surface area contributed by atoms with E-state index in [9.17, 15) is 4.79 Å². The quantitative estimate of drug-likeness (QED) is 0.728. The molecule has 2 rings (SSSR count). The van der Waals surface area contributed by atoms with Gasteiger partial charge in [0.2, 0.25) is 0 Å². The van der Waals surface area contributed by atoms with Crippen molar-refractivity contribution < 1.29 is 14.3 Å². The van der Waals surface area contributed by atoms with Gasteiger partial charge in [-0.15, -0.1) is 0 Å². The fraction of sp³-hybridized carbons (Fsp3) is 0.333. The maximum Gasteiger partial charge on any atom is 0.170 e. The number of ether oxygens (including phenoxy) is 2. The van der Waals surface area contributed by atoms with E-state index < -0.39 is 0 Å². The highest BCUT2D eigenvalue weighted by molar-refractivity contribution is 6.10. The van der Waals surface area contributed by atoms with E-state index in [2.05, 4.69) is 4.99 Å². The zero-order valence-corrected chi connectivity index (χ0v) is 9.10. The van der Waals surface area contributed by atoms with Crippen LogP contribution in [0.1, 0.15) is 16.8 Å². The molecule has 1 aliphatic heterocycles. The number of rotatable bonds is 4. The minimum absolute atomic E-state index is 0.105. The van der Waals surface area contributed by atoms with Crippen LogP contribution in [0.15, 0.2) is 23.2 Å². The van der Waals surface area contributed by atoms with Crippen molar-refractivity contribution >= 4 is 17.7 Å². The molecular formula is C12H13NO3. The molecule has 0 fully saturated rings. The molecule has 0 spiro atoms. The maximum absolute atomic E-state index is 11.5. The average Bonchev–Trinajstić information content (AvgIpc) is 2.30. The number of hydrogen-bond donors (Lipinski definition) is 0. The van der Waals surface area contributed by atoms with Crippen LogP contribution in [-0.4, -0.2) is 32.3 Å². The lowest BCUT2D eigenvalue weighted by atomic mass is 10.0. The van der Waals surface area contributed by atoms with Crippen LogP contribution in [0.3, 0.4) is 0 Å². The minimum Gasteiger partial charge on any atom is -0.491 e. The molecule has 0 aromatic heterocycles. The summed E-state index contributed by atoms with van der Waals surface area (Å²) in [5.74, 6) is 0.816. The minimum atomic E-state index is 0.105. The normalized spacial score (nSPS) is 13.7. The van der Waals surface area contributed by atoms with E-state index in [-0.39, 0.29) is 5.78 Å². The Morgan fingerprint density at radius 2 is 2.25 bits per heavy atom. The van der Waals surface area contributed by atoms with Gasteiger partial charge >= 0.3 is 0 Å². The first-order chi connectivity index (χ1) is 7.81. The van der Waals surface area contributed by atoms with Crippen molar-refractivity contribution in [1.29, 1.82) is 0 Å². The zero-order valence-electron chi connectivity index (χ0n) is 9.10. The number of methoxy groups -OCH3 is 1. The van der Waals surface area contributed by atoms with Gasteiger partial charge in [-0.05, 0) is 12.1 Å². The fourth-order valence-electron chi connectivity index (χ4n) is 1.52. The van der Waals surface area contributed by atoms with Crippen molar-refractivity contribution in [3.05, 3.63) is 23.8 Å². The first kappa shape index (κ1) is 10.8. The number of fused-ring (bicyclic) bond motifs is 1. The molecule has 0 radical (unpaired) electrons. The predicted molar refractivity (Wildman–Crippen MR) is 60.9 cm³/mol. The molecule has 0 saturated heterocycles. The lowest BCUT2D eigenvalue weighted by molar-refractivity contribution is 0.100. The summed E-state index contributed by atoms with van der Waals surface area (Å²) >= 11 is 0. The number of carbonyl (C=O) groups excluding carboxylic acids is 1. The second kappa shape index (κ2) is 4.90. The number of ketones is 1. The Balaban J connectivity index is 2.14. The molecule has 0 amide bonds. The molecule has 0 atom stereocenters. The number of Topliss-reactive ketones (excluding diaryl/α,β-unsaturated/α-hetero) is 1. The van der Waals surface area contributed by atoms with Gasteiger partial charge in [-0.1, -0.05) is 0 Å². The van der Waals surface area contributed by atoms with Gasteiger partial charge in [-0.3, -0.25) is 9.79 Å². The predicted octanol–water partition coefficient (Wildman–Crippen LogP) is 2.00. The molecule has 4 nitrogen and oxygen atoms in total. The molecule has 0 bridgehead atoms. The van der Waals surface area contributed by atoms with Gasteiger partial charge in [0.1, 0.15) is 12.4 Å². The Labute approximate surface area is 93.9 Å².